The first-order chi connectivity index (χ1) is 8.61. The van der Waals surface area contributed by atoms with Crippen molar-refractivity contribution in [2.45, 2.75) is 33.4 Å². The number of anilines is 1. The summed E-state index contributed by atoms with van der Waals surface area (Å²) in [6.07, 6.45) is 1.85. The summed E-state index contributed by atoms with van der Waals surface area (Å²) in [5, 5.41) is 0. The smallest absolute Gasteiger partial charge is 0.225 e. The molecule has 0 saturated carbocycles. The van der Waals surface area contributed by atoms with Crippen LogP contribution in [0.5, 0.6) is 0 Å². The second kappa shape index (κ2) is 5.63. The van der Waals surface area contributed by atoms with Gasteiger partial charge in [0.15, 0.2) is 0 Å². The Hall–Kier alpha value is -1.20. The fourth-order valence-corrected chi connectivity index (χ4v) is 2.27. The van der Waals surface area contributed by atoms with Gasteiger partial charge < -0.3 is 10.6 Å². The average molecular weight is 249 g/mol. The normalized spacial score (nSPS) is 17.5. The van der Waals surface area contributed by atoms with Gasteiger partial charge in [-0.2, -0.15) is 0 Å². The van der Waals surface area contributed by atoms with E-state index in [0.717, 1.165) is 43.4 Å². The quantitative estimate of drug-likeness (QED) is 0.857. The van der Waals surface area contributed by atoms with E-state index < -0.39 is 0 Å². The summed E-state index contributed by atoms with van der Waals surface area (Å²) in [5.41, 5.74) is 7.65. The third kappa shape index (κ3) is 2.79. The van der Waals surface area contributed by atoms with Gasteiger partial charge in [0.2, 0.25) is 5.95 Å². The van der Waals surface area contributed by atoms with E-state index in [1.54, 1.807) is 0 Å². The Morgan fingerprint density at radius 3 is 2.44 bits per heavy atom. The number of aryl methyl sites for hydroxylation is 1. The summed E-state index contributed by atoms with van der Waals surface area (Å²) < 4.78 is 0. The minimum absolute atomic E-state index is 0.507. The Bertz CT molecular complexity index is 396. The molecule has 1 aromatic heterocycles. The Balaban J connectivity index is 2.03. The molecule has 18 heavy (non-hydrogen) atoms. The highest BCUT2D eigenvalue weighted by Crippen LogP contribution is 2.14. The average Bonchev–Trinajstić information content (AvgIpc) is 2.38. The van der Waals surface area contributed by atoms with Gasteiger partial charge in [-0.1, -0.05) is 0 Å². The Kier molecular flexibility index (Phi) is 4.14. The molecule has 0 bridgehead atoms. The molecule has 0 spiro atoms. The molecule has 0 atom stereocenters. The molecule has 1 aromatic rings. The lowest BCUT2D eigenvalue weighted by atomic mass is 10.2. The second-order valence-corrected chi connectivity index (χ2v) is 5.10. The summed E-state index contributed by atoms with van der Waals surface area (Å²) >= 11 is 0. The topological polar surface area (TPSA) is 58.3 Å². The van der Waals surface area contributed by atoms with E-state index in [-0.39, 0.29) is 0 Å². The summed E-state index contributed by atoms with van der Waals surface area (Å²) in [6.45, 7) is 11.2. The SMILES string of the molecule is Cc1nc(N2CCN(C(C)C)CC2)ncc1CN. The summed E-state index contributed by atoms with van der Waals surface area (Å²) in [7, 11) is 0. The van der Waals surface area contributed by atoms with E-state index in [1.807, 2.05) is 13.1 Å². The molecule has 2 heterocycles. The van der Waals surface area contributed by atoms with E-state index in [2.05, 4.69) is 33.6 Å². The van der Waals surface area contributed by atoms with Gasteiger partial charge in [-0.05, 0) is 20.8 Å². The van der Waals surface area contributed by atoms with Gasteiger partial charge in [-0.15, -0.1) is 0 Å². The number of nitrogens with zero attached hydrogens (tertiary/aromatic N) is 4. The third-order valence-corrected chi connectivity index (χ3v) is 3.62. The first-order valence-corrected chi connectivity index (χ1v) is 6.63. The zero-order valence-corrected chi connectivity index (χ0v) is 11.6. The van der Waals surface area contributed by atoms with Crippen LogP contribution in [0.1, 0.15) is 25.1 Å². The van der Waals surface area contributed by atoms with E-state index in [0.29, 0.717) is 12.6 Å². The molecule has 0 aliphatic carbocycles. The molecular formula is C13H23N5. The molecule has 1 aliphatic rings. The van der Waals surface area contributed by atoms with Crippen LogP contribution in [0.3, 0.4) is 0 Å². The second-order valence-electron chi connectivity index (χ2n) is 5.10. The van der Waals surface area contributed by atoms with Crippen LogP contribution in [0.15, 0.2) is 6.20 Å². The van der Waals surface area contributed by atoms with Crippen molar-refractivity contribution in [1.82, 2.24) is 14.9 Å². The van der Waals surface area contributed by atoms with Crippen LogP contribution in [0, 0.1) is 6.92 Å². The number of hydrogen-bond acceptors (Lipinski definition) is 5. The molecule has 1 saturated heterocycles. The summed E-state index contributed by atoms with van der Waals surface area (Å²) in [6, 6.07) is 0.620. The lowest BCUT2D eigenvalue weighted by molar-refractivity contribution is 0.208. The van der Waals surface area contributed by atoms with E-state index in [9.17, 15) is 0 Å². The molecule has 2 N–H and O–H groups in total. The highest BCUT2D eigenvalue weighted by atomic mass is 15.3. The van der Waals surface area contributed by atoms with Gasteiger partial charge in [0.25, 0.3) is 0 Å². The van der Waals surface area contributed by atoms with Crippen LogP contribution in [0.25, 0.3) is 0 Å². The van der Waals surface area contributed by atoms with Crippen LogP contribution in [0.2, 0.25) is 0 Å². The van der Waals surface area contributed by atoms with Crippen LogP contribution >= 0.6 is 0 Å². The third-order valence-electron chi connectivity index (χ3n) is 3.62. The Morgan fingerprint density at radius 1 is 1.28 bits per heavy atom. The van der Waals surface area contributed by atoms with Crippen LogP contribution in [-0.2, 0) is 6.54 Å². The molecule has 5 heteroatoms. The maximum Gasteiger partial charge on any atom is 0.225 e. The zero-order valence-electron chi connectivity index (χ0n) is 11.6. The van der Waals surface area contributed by atoms with Gasteiger partial charge in [0.1, 0.15) is 0 Å². The molecule has 0 aromatic carbocycles. The largest absolute Gasteiger partial charge is 0.338 e. The Labute approximate surface area is 109 Å². The fraction of sp³-hybridized carbons (Fsp3) is 0.692. The first-order valence-electron chi connectivity index (χ1n) is 6.63. The van der Waals surface area contributed by atoms with E-state index in [4.69, 9.17) is 5.73 Å². The fourth-order valence-electron chi connectivity index (χ4n) is 2.27. The molecule has 5 nitrogen and oxygen atoms in total. The number of rotatable bonds is 3. The van der Waals surface area contributed by atoms with Gasteiger partial charge in [0.05, 0.1) is 0 Å². The maximum absolute atomic E-state index is 5.63. The molecule has 100 valence electrons. The number of piperazine rings is 1. The highest BCUT2D eigenvalue weighted by Gasteiger charge is 2.20. The van der Waals surface area contributed by atoms with E-state index >= 15 is 0 Å². The minimum atomic E-state index is 0.507. The van der Waals surface area contributed by atoms with Gasteiger partial charge in [0, 0.05) is 56.2 Å². The highest BCUT2D eigenvalue weighted by molar-refractivity contribution is 5.33. The van der Waals surface area contributed by atoms with E-state index in [1.165, 1.54) is 0 Å². The van der Waals surface area contributed by atoms with Crippen molar-refractivity contribution in [3.8, 4) is 0 Å². The van der Waals surface area contributed by atoms with Crippen LogP contribution in [-0.4, -0.2) is 47.1 Å². The van der Waals surface area contributed by atoms with Crippen molar-refractivity contribution in [3.63, 3.8) is 0 Å². The molecular weight excluding hydrogens is 226 g/mol. The maximum atomic E-state index is 5.63. The van der Waals surface area contributed by atoms with Crippen molar-refractivity contribution in [2.24, 2.45) is 5.73 Å². The Morgan fingerprint density at radius 2 is 1.94 bits per heavy atom. The van der Waals surface area contributed by atoms with Crippen molar-refractivity contribution >= 4 is 5.95 Å². The predicted molar refractivity (Wildman–Crippen MR) is 73.6 cm³/mol. The minimum Gasteiger partial charge on any atom is -0.338 e. The molecule has 2 rings (SSSR count). The molecule has 0 amide bonds. The number of hydrogen-bond donors (Lipinski definition) is 1. The molecule has 0 radical (unpaired) electrons. The molecule has 1 fully saturated rings. The summed E-state index contributed by atoms with van der Waals surface area (Å²) in [5.74, 6) is 0.841. The van der Waals surface area contributed by atoms with Crippen LogP contribution in [0.4, 0.5) is 5.95 Å². The number of nitrogens with two attached hydrogens (primary N) is 1. The van der Waals surface area contributed by atoms with Gasteiger partial charge in [-0.3, -0.25) is 4.90 Å². The van der Waals surface area contributed by atoms with Crippen molar-refractivity contribution in [3.05, 3.63) is 17.5 Å². The monoisotopic (exact) mass is 249 g/mol. The zero-order chi connectivity index (χ0) is 13.1. The van der Waals surface area contributed by atoms with Crippen molar-refractivity contribution in [1.29, 1.82) is 0 Å². The lowest BCUT2D eigenvalue weighted by Gasteiger charge is -2.37. The van der Waals surface area contributed by atoms with Crippen molar-refractivity contribution < 1.29 is 0 Å². The summed E-state index contributed by atoms with van der Waals surface area (Å²) in [4.78, 5) is 13.7. The first kappa shape index (κ1) is 13.2. The molecule has 1 aliphatic heterocycles. The molecule has 0 unspecified atom stereocenters. The van der Waals surface area contributed by atoms with Crippen molar-refractivity contribution in [2.75, 3.05) is 31.1 Å². The number of aromatic nitrogens is 2. The van der Waals surface area contributed by atoms with Gasteiger partial charge >= 0.3 is 0 Å². The predicted octanol–water partition coefficient (Wildman–Crippen LogP) is 0.774. The lowest BCUT2D eigenvalue weighted by Crippen LogP contribution is -2.49. The van der Waals surface area contributed by atoms with Crippen LogP contribution < -0.4 is 10.6 Å². The van der Waals surface area contributed by atoms with Gasteiger partial charge in [-0.25, -0.2) is 9.97 Å². The standard InChI is InChI=1S/C13H23N5/c1-10(2)17-4-6-18(7-5-17)13-15-9-12(8-14)11(3)16-13/h9-10H,4-8,14H2,1-3H3.